The number of rotatable bonds is 5. The van der Waals surface area contributed by atoms with Gasteiger partial charge in [-0.15, -0.1) is 0 Å². The first kappa shape index (κ1) is 17.6. The molecule has 0 saturated carbocycles. The normalized spacial score (nSPS) is 10.8. The summed E-state index contributed by atoms with van der Waals surface area (Å²) < 4.78 is 12.3. The van der Waals surface area contributed by atoms with E-state index in [-0.39, 0.29) is 0 Å². The van der Waals surface area contributed by atoms with Crippen LogP contribution in [0, 0.1) is 4.77 Å². The fourth-order valence-electron chi connectivity index (χ4n) is 2.30. The van der Waals surface area contributed by atoms with Gasteiger partial charge in [-0.05, 0) is 36.0 Å². The average Bonchev–Trinajstić information content (AvgIpc) is 3.01. The van der Waals surface area contributed by atoms with E-state index in [2.05, 4.69) is 15.3 Å². The maximum atomic E-state index is 11.1. The lowest BCUT2D eigenvalue weighted by molar-refractivity contribution is -0.132. The Morgan fingerprint density at radius 2 is 2.00 bits per heavy atom. The van der Waals surface area contributed by atoms with Crippen molar-refractivity contribution in [1.29, 1.82) is 0 Å². The quantitative estimate of drug-likeness (QED) is 0.323. The Bertz CT molecular complexity index is 1010. The van der Waals surface area contributed by atoms with Gasteiger partial charge >= 0.3 is 5.97 Å². The highest BCUT2D eigenvalue weighted by Crippen LogP contribution is 2.27. The molecule has 1 N–H and O–H groups in total. The molecule has 2 aromatic carbocycles. The predicted octanol–water partition coefficient (Wildman–Crippen LogP) is 3.42. The largest absolute Gasteiger partial charge is 0.493 e. The molecule has 3 aromatic rings. The Morgan fingerprint density at radius 1 is 1.23 bits per heavy atom. The molecule has 1 heterocycles. The van der Waals surface area contributed by atoms with E-state index in [0.717, 1.165) is 11.1 Å². The molecule has 3 rings (SSSR count). The van der Waals surface area contributed by atoms with Crippen LogP contribution in [0.3, 0.4) is 0 Å². The van der Waals surface area contributed by atoms with Crippen LogP contribution in [0.2, 0.25) is 0 Å². The third-order valence-electron chi connectivity index (χ3n) is 3.45. The van der Waals surface area contributed by atoms with Crippen molar-refractivity contribution in [2.45, 2.75) is 6.92 Å². The highest BCUT2D eigenvalue weighted by atomic mass is 32.1. The zero-order chi connectivity index (χ0) is 18.5. The monoisotopic (exact) mass is 368 g/mol. The number of aromatic nitrogens is 3. The minimum atomic E-state index is -0.415. The third kappa shape index (κ3) is 3.86. The predicted molar refractivity (Wildman–Crippen MR) is 100 cm³/mol. The maximum Gasteiger partial charge on any atom is 0.308 e. The molecule has 0 unspecified atom stereocenters. The second kappa shape index (κ2) is 7.75. The van der Waals surface area contributed by atoms with E-state index in [1.807, 2.05) is 30.3 Å². The Morgan fingerprint density at radius 3 is 2.69 bits per heavy atom. The molecule has 0 saturated heterocycles. The number of aromatic amines is 1. The molecule has 7 nitrogen and oxygen atoms in total. The summed E-state index contributed by atoms with van der Waals surface area (Å²) in [7, 11) is 1.50. The van der Waals surface area contributed by atoms with Crippen LogP contribution in [0.15, 0.2) is 53.6 Å². The topological polar surface area (TPSA) is 81.5 Å². The summed E-state index contributed by atoms with van der Waals surface area (Å²) in [6, 6.07) is 14.7. The second-order valence-corrected chi connectivity index (χ2v) is 5.67. The van der Waals surface area contributed by atoms with Crippen LogP contribution in [0.25, 0.3) is 11.4 Å². The van der Waals surface area contributed by atoms with Crippen LogP contribution < -0.4 is 9.47 Å². The van der Waals surface area contributed by atoms with Gasteiger partial charge in [0.25, 0.3) is 0 Å². The molecule has 0 aliphatic carbocycles. The minimum Gasteiger partial charge on any atom is -0.493 e. The lowest BCUT2D eigenvalue weighted by Gasteiger charge is -2.08. The molecule has 132 valence electrons. The zero-order valence-electron chi connectivity index (χ0n) is 14.2. The molecule has 26 heavy (non-hydrogen) atoms. The maximum absolute atomic E-state index is 11.1. The average molecular weight is 368 g/mol. The lowest BCUT2D eigenvalue weighted by atomic mass is 10.2. The van der Waals surface area contributed by atoms with Gasteiger partial charge < -0.3 is 9.47 Å². The summed E-state index contributed by atoms with van der Waals surface area (Å²) in [6.07, 6.45) is 1.62. The van der Waals surface area contributed by atoms with Gasteiger partial charge in [-0.1, -0.05) is 30.3 Å². The highest BCUT2D eigenvalue weighted by Gasteiger charge is 2.09. The summed E-state index contributed by atoms with van der Waals surface area (Å²) in [5.74, 6) is 0.975. The fourth-order valence-corrected chi connectivity index (χ4v) is 2.48. The van der Waals surface area contributed by atoms with Crippen molar-refractivity contribution in [2.24, 2.45) is 5.10 Å². The minimum absolute atomic E-state index is 0.349. The molecular formula is C18H16N4O3S. The van der Waals surface area contributed by atoms with Crippen molar-refractivity contribution in [1.82, 2.24) is 14.9 Å². The Labute approximate surface area is 154 Å². The summed E-state index contributed by atoms with van der Waals surface area (Å²) in [4.78, 5) is 11.1. The Kier molecular flexibility index (Phi) is 5.23. The molecule has 0 spiro atoms. The van der Waals surface area contributed by atoms with E-state index in [4.69, 9.17) is 21.7 Å². The highest BCUT2D eigenvalue weighted by molar-refractivity contribution is 7.71. The fraction of sp³-hybridized carbons (Fsp3) is 0.111. The van der Waals surface area contributed by atoms with E-state index in [1.165, 1.54) is 18.7 Å². The van der Waals surface area contributed by atoms with Crippen LogP contribution in [-0.2, 0) is 4.79 Å². The molecule has 0 bridgehead atoms. The van der Waals surface area contributed by atoms with Crippen molar-refractivity contribution >= 4 is 24.4 Å². The Balaban J connectivity index is 1.93. The molecular weight excluding hydrogens is 352 g/mol. The van der Waals surface area contributed by atoms with Gasteiger partial charge in [-0.3, -0.25) is 4.79 Å². The van der Waals surface area contributed by atoms with Crippen LogP contribution in [0.4, 0.5) is 0 Å². The molecule has 0 atom stereocenters. The number of benzene rings is 2. The number of esters is 1. The number of carbonyl (C=O) groups is 1. The van der Waals surface area contributed by atoms with Crippen molar-refractivity contribution in [2.75, 3.05) is 7.11 Å². The van der Waals surface area contributed by atoms with Gasteiger partial charge in [0, 0.05) is 12.5 Å². The first-order valence-corrected chi connectivity index (χ1v) is 8.13. The van der Waals surface area contributed by atoms with Crippen LogP contribution >= 0.6 is 12.2 Å². The number of carbonyl (C=O) groups excluding carboxylic acids is 1. The van der Waals surface area contributed by atoms with Crippen LogP contribution in [0.1, 0.15) is 12.5 Å². The molecule has 0 amide bonds. The third-order valence-corrected chi connectivity index (χ3v) is 3.71. The van der Waals surface area contributed by atoms with E-state index < -0.39 is 5.97 Å². The number of nitrogens with zero attached hydrogens (tertiary/aromatic N) is 3. The molecule has 1 aromatic heterocycles. The number of ether oxygens (including phenoxy) is 2. The standard InChI is InChI=1S/C18H16N4O3S/c1-12(23)25-15-9-8-13(10-16(15)24-2)11-19-22-17(20-21-18(22)26)14-6-4-3-5-7-14/h3-11H,1-2H3,(H,21,26)/b19-11-. The molecule has 0 aliphatic rings. The molecule has 0 fully saturated rings. The van der Waals surface area contributed by atoms with Gasteiger partial charge in [0.2, 0.25) is 4.77 Å². The molecule has 0 aliphatic heterocycles. The summed E-state index contributed by atoms with van der Waals surface area (Å²) in [6.45, 7) is 1.33. The van der Waals surface area contributed by atoms with Gasteiger partial charge in [0.15, 0.2) is 17.3 Å². The van der Waals surface area contributed by atoms with Crippen LogP contribution in [-0.4, -0.2) is 34.2 Å². The van der Waals surface area contributed by atoms with Gasteiger partial charge in [0.1, 0.15) is 0 Å². The number of methoxy groups -OCH3 is 1. The zero-order valence-corrected chi connectivity index (χ0v) is 15.0. The lowest BCUT2D eigenvalue weighted by Crippen LogP contribution is -2.03. The SMILES string of the molecule is COc1cc(/C=N\n2c(-c3ccccc3)n[nH]c2=S)ccc1OC(C)=O. The summed E-state index contributed by atoms with van der Waals surface area (Å²) >= 11 is 5.25. The van der Waals surface area contributed by atoms with Crippen molar-refractivity contribution < 1.29 is 14.3 Å². The van der Waals surface area contributed by atoms with Crippen molar-refractivity contribution in [3.8, 4) is 22.9 Å². The van der Waals surface area contributed by atoms with E-state index >= 15 is 0 Å². The molecule has 0 radical (unpaired) electrons. The van der Waals surface area contributed by atoms with Crippen LogP contribution in [0.5, 0.6) is 11.5 Å². The first-order valence-electron chi connectivity index (χ1n) is 7.72. The number of H-pyrrole nitrogens is 1. The first-order chi connectivity index (χ1) is 12.6. The van der Waals surface area contributed by atoms with Gasteiger partial charge in [-0.2, -0.15) is 14.9 Å². The summed E-state index contributed by atoms with van der Waals surface area (Å²) in [5, 5.41) is 11.4. The van der Waals surface area contributed by atoms with Crippen molar-refractivity contribution in [3.05, 3.63) is 58.9 Å². The van der Waals surface area contributed by atoms with E-state index in [1.54, 1.807) is 24.4 Å². The molecule has 8 heteroatoms. The van der Waals surface area contributed by atoms with E-state index in [9.17, 15) is 4.79 Å². The number of hydrogen-bond acceptors (Lipinski definition) is 6. The van der Waals surface area contributed by atoms with Gasteiger partial charge in [-0.25, -0.2) is 5.10 Å². The van der Waals surface area contributed by atoms with Gasteiger partial charge in [0.05, 0.1) is 13.3 Å². The number of nitrogens with one attached hydrogen (secondary N) is 1. The Hall–Kier alpha value is -3.26. The number of hydrogen-bond donors (Lipinski definition) is 1. The summed E-state index contributed by atoms with van der Waals surface area (Å²) in [5.41, 5.74) is 1.64. The van der Waals surface area contributed by atoms with E-state index in [0.29, 0.717) is 22.1 Å². The van der Waals surface area contributed by atoms with Crippen molar-refractivity contribution in [3.63, 3.8) is 0 Å². The second-order valence-electron chi connectivity index (χ2n) is 5.28. The smallest absolute Gasteiger partial charge is 0.308 e.